The standard InChI is InChI=1S/C11H12N4O3/c1-7-2-3-8(15(16)17)6-9(7)11-14-13-10(18-11)4-5-12/h2-3,6H,4-5,12H2,1H3. The Morgan fingerprint density at radius 3 is 2.89 bits per heavy atom. The van der Waals surface area contributed by atoms with Crippen molar-refractivity contribution in [3.63, 3.8) is 0 Å². The lowest BCUT2D eigenvalue weighted by Gasteiger charge is -2.00. The molecule has 0 aliphatic heterocycles. The van der Waals surface area contributed by atoms with Crippen molar-refractivity contribution in [2.45, 2.75) is 13.3 Å². The lowest BCUT2D eigenvalue weighted by Crippen LogP contribution is -2.02. The second-order valence-corrected chi connectivity index (χ2v) is 3.80. The average molecular weight is 248 g/mol. The molecule has 1 heterocycles. The lowest BCUT2D eigenvalue weighted by atomic mass is 10.1. The summed E-state index contributed by atoms with van der Waals surface area (Å²) >= 11 is 0. The average Bonchev–Trinajstić information content (AvgIpc) is 2.78. The highest BCUT2D eigenvalue weighted by molar-refractivity contribution is 5.62. The minimum Gasteiger partial charge on any atom is -0.421 e. The Labute approximate surface area is 103 Å². The van der Waals surface area contributed by atoms with Crippen molar-refractivity contribution < 1.29 is 9.34 Å². The molecule has 0 aliphatic carbocycles. The molecule has 18 heavy (non-hydrogen) atoms. The van der Waals surface area contributed by atoms with E-state index in [-0.39, 0.29) is 11.6 Å². The molecule has 94 valence electrons. The van der Waals surface area contributed by atoms with Crippen LogP contribution in [0.15, 0.2) is 22.6 Å². The first-order valence-electron chi connectivity index (χ1n) is 5.39. The molecular formula is C11H12N4O3. The zero-order valence-electron chi connectivity index (χ0n) is 9.79. The summed E-state index contributed by atoms with van der Waals surface area (Å²) < 4.78 is 5.40. The van der Waals surface area contributed by atoms with Gasteiger partial charge in [0.05, 0.1) is 4.92 Å². The second kappa shape index (κ2) is 4.92. The molecule has 0 amide bonds. The van der Waals surface area contributed by atoms with Gasteiger partial charge in [-0.25, -0.2) is 0 Å². The Balaban J connectivity index is 2.41. The first-order chi connectivity index (χ1) is 8.61. The number of rotatable bonds is 4. The number of hydrogen-bond donors (Lipinski definition) is 1. The van der Waals surface area contributed by atoms with Crippen molar-refractivity contribution in [2.24, 2.45) is 5.73 Å². The summed E-state index contributed by atoms with van der Waals surface area (Å²) in [5.41, 5.74) is 6.79. The topological polar surface area (TPSA) is 108 Å². The highest BCUT2D eigenvalue weighted by Gasteiger charge is 2.15. The first kappa shape index (κ1) is 12.2. The minimum absolute atomic E-state index is 0.00539. The largest absolute Gasteiger partial charge is 0.421 e. The summed E-state index contributed by atoms with van der Waals surface area (Å²) in [6.45, 7) is 2.24. The molecule has 0 atom stereocenters. The summed E-state index contributed by atoms with van der Waals surface area (Å²) in [4.78, 5) is 10.3. The Bertz CT molecular complexity index is 579. The monoisotopic (exact) mass is 248 g/mol. The van der Waals surface area contributed by atoms with Gasteiger partial charge >= 0.3 is 0 Å². The molecular weight excluding hydrogens is 236 g/mol. The molecule has 0 spiro atoms. The molecule has 0 bridgehead atoms. The molecule has 0 radical (unpaired) electrons. The number of hydrogen-bond acceptors (Lipinski definition) is 6. The van der Waals surface area contributed by atoms with Gasteiger partial charge in [-0.1, -0.05) is 6.07 Å². The van der Waals surface area contributed by atoms with E-state index < -0.39 is 4.92 Å². The van der Waals surface area contributed by atoms with Crippen LogP contribution in [0.25, 0.3) is 11.5 Å². The van der Waals surface area contributed by atoms with E-state index >= 15 is 0 Å². The fourth-order valence-electron chi connectivity index (χ4n) is 1.54. The van der Waals surface area contributed by atoms with Gasteiger partial charge < -0.3 is 10.2 Å². The third-order valence-corrected chi connectivity index (χ3v) is 2.49. The van der Waals surface area contributed by atoms with Crippen LogP contribution in [0.3, 0.4) is 0 Å². The molecule has 7 nitrogen and oxygen atoms in total. The maximum Gasteiger partial charge on any atom is 0.270 e. The van der Waals surface area contributed by atoms with Crippen molar-refractivity contribution in [3.05, 3.63) is 39.8 Å². The van der Waals surface area contributed by atoms with Gasteiger partial charge in [0.1, 0.15) is 0 Å². The molecule has 0 saturated heterocycles. The van der Waals surface area contributed by atoms with Crippen LogP contribution in [0.2, 0.25) is 0 Å². The van der Waals surface area contributed by atoms with Crippen molar-refractivity contribution in [1.29, 1.82) is 0 Å². The number of non-ortho nitro benzene ring substituents is 1. The summed E-state index contributed by atoms with van der Waals surface area (Å²) in [6, 6.07) is 4.52. The van der Waals surface area contributed by atoms with Crippen LogP contribution in [-0.4, -0.2) is 21.7 Å². The zero-order valence-corrected chi connectivity index (χ0v) is 9.79. The zero-order chi connectivity index (χ0) is 13.1. The SMILES string of the molecule is Cc1ccc([N+](=O)[O-])cc1-c1nnc(CCN)o1. The van der Waals surface area contributed by atoms with E-state index in [1.165, 1.54) is 12.1 Å². The Morgan fingerprint density at radius 1 is 1.44 bits per heavy atom. The van der Waals surface area contributed by atoms with Crippen LogP contribution in [-0.2, 0) is 6.42 Å². The van der Waals surface area contributed by atoms with E-state index in [1.54, 1.807) is 6.07 Å². The maximum atomic E-state index is 10.7. The van der Waals surface area contributed by atoms with E-state index in [4.69, 9.17) is 10.2 Å². The van der Waals surface area contributed by atoms with Gasteiger partial charge in [-0.2, -0.15) is 0 Å². The number of nitro benzene ring substituents is 1. The molecule has 0 saturated carbocycles. The van der Waals surface area contributed by atoms with Crippen LogP contribution in [0.5, 0.6) is 0 Å². The summed E-state index contributed by atoms with van der Waals surface area (Å²) in [7, 11) is 0. The Hall–Kier alpha value is -2.28. The van der Waals surface area contributed by atoms with Gasteiger partial charge in [-0.05, 0) is 12.5 Å². The Morgan fingerprint density at radius 2 is 2.22 bits per heavy atom. The molecule has 0 unspecified atom stereocenters. The van der Waals surface area contributed by atoms with Gasteiger partial charge in [-0.15, -0.1) is 10.2 Å². The van der Waals surface area contributed by atoms with Crippen molar-refractivity contribution in [2.75, 3.05) is 6.54 Å². The quantitative estimate of drug-likeness (QED) is 0.648. The van der Waals surface area contributed by atoms with Crippen molar-refractivity contribution in [1.82, 2.24) is 10.2 Å². The van der Waals surface area contributed by atoms with Crippen molar-refractivity contribution >= 4 is 5.69 Å². The van der Waals surface area contributed by atoms with Gasteiger partial charge in [0.25, 0.3) is 5.69 Å². The molecule has 7 heteroatoms. The number of nitrogens with zero attached hydrogens (tertiary/aromatic N) is 3. The Kier molecular flexibility index (Phi) is 3.33. The van der Waals surface area contributed by atoms with Gasteiger partial charge in [0, 0.05) is 30.7 Å². The third-order valence-electron chi connectivity index (χ3n) is 2.49. The van der Waals surface area contributed by atoms with Gasteiger partial charge in [0.15, 0.2) is 0 Å². The van der Waals surface area contributed by atoms with E-state index in [2.05, 4.69) is 10.2 Å². The second-order valence-electron chi connectivity index (χ2n) is 3.80. The van der Waals surface area contributed by atoms with Gasteiger partial charge in [0.2, 0.25) is 11.8 Å². The highest BCUT2D eigenvalue weighted by atomic mass is 16.6. The van der Waals surface area contributed by atoms with Gasteiger partial charge in [-0.3, -0.25) is 10.1 Å². The molecule has 1 aromatic carbocycles. The molecule has 2 rings (SSSR count). The lowest BCUT2D eigenvalue weighted by molar-refractivity contribution is -0.384. The fraction of sp³-hybridized carbons (Fsp3) is 0.273. The van der Waals surface area contributed by atoms with E-state index in [0.29, 0.717) is 24.4 Å². The predicted molar refractivity (Wildman–Crippen MR) is 63.9 cm³/mol. The smallest absolute Gasteiger partial charge is 0.270 e. The maximum absolute atomic E-state index is 10.7. The van der Waals surface area contributed by atoms with E-state index in [9.17, 15) is 10.1 Å². The first-order valence-corrected chi connectivity index (χ1v) is 5.39. The van der Waals surface area contributed by atoms with Crippen molar-refractivity contribution in [3.8, 4) is 11.5 Å². The molecule has 2 N–H and O–H groups in total. The highest BCUT2D eigenvalue weighted by Crippen LogP contribution is 2.26. The number of benzene rings is 1. The fourth-order valence-corrected chi connectivity index (χ4v) is 1.54. The van der Waals surface area contributed by atoms with Crippen LogP contribution >= 0.6 is 0 Å². The predicted octanol–water partition coefficient (Wildman–Crippen LogP) is 1.45. The van der Waals surface area contributed by atoms with E-state index in [0.717, 1.165) is 5.56 Å². The molecule has 0 aliphatic rings. The minimum atomic E-state index is -0.458. The normalized spacial score (nSPS) is 10.6. The number of nitrogens with two attached hydrogens (primary N) is 1. The molecule has 0 fully saturated rings. The summed E-state index contributed by atoms with van der Waals surface area (Å²) in [6.07, 6.45) is 0.487. The summed E-state index contributed by atoms with van der Waals surface area (Å²) in [5.74, 6) is 0.707. The number of aryl methyl sites for hydroxylation is 1. The van der Waals surface area contributed by atoms with Crippen LogP contribution in [0, 0.1) is 17.0 Å². The summed E-state index contributed by atoms with van der Waals surface area (Å²) in [5, 5.41) is 18.4. The van der Waals surface area contributed by atoms with Crippen LogP contribution in [0.1, 0.15) is 11.5 Å². The molecule has 1 aromatic heterocycles. The number of aromatic nitrogens is 2. The van der Waals surface area contributed by atoms with E-state index in [1.807, 2.05) is 6.92 Å². The van der Waals surface area contributed by atoms with Crippen LogP contribution < -0.4 is 5.73 Å². The molecule has 2 aromatic rings. The third kappa shape index (κ3) is 2.35. The van der Waals surface area contributed by atoms with Crippen LogP contribution in [0.4, 0.5) is 5.69 Å². The number of nitro groups is 1.